The fourth-order valence-corrected chi connectivity index (χ4v) is 5.49. The minimum Gasteiger partial charge on any atom is -0.341 e. The van der Waals surface area contributed by atoms with E-state index in [2.05, 4.69) is 5.32 Å². The van der Waals surface area contributed by atoms with Crippen LogP contribution in [-0.2, 0) is 10.0 Å². The van der Waals surface area contributed by atoms with Gasteiger partial charge in [-0.05, 0) is 48.6 Å². The molecule has 31 heavy (non-hydrogen) atoms. The first kappa shape index (κ1) is 21.3. The van der Waals surface area contributed by atoms with Crippen LogP contribution in [-0.4, -0.2) is 31.7 Å². The third-order valence-electron chi connectivity index (χ3n) is 5.70. The smallest absolute Gasteiger partial charge is 0.252 e. The quantitative estimate of drug-likeness (QED) is 0.629. The Morgan fingerprint density at radius 1 is 0.871 bits per heavy atom. The maximum absolute atomic E-state index is 13.3. The number of benzene rings is 3. The third kappa shape index (κ3) is 4.55. The van der Waals surface area contributed by atoms with Crippen LogP contribution in [0.4, 0.5) is 0 Å². The van der Waals surface area contributed by atoms with Crippen LogP contribution in [0.2, 0.25) is 0 Å². The summed E-state index contributed by atoms with van der Waals surface area (Å²) in [6.07, 6.45) is 1.74. The molecular formula is C25H26N2O3S. The molecule has 0 bridgehead atoms. The number of nitrogens with zero attached hydrogens (tertiary/aromatic N) is 1. The Labute approximate surface area is 183 Å². The Hall–Kier alpha value is -2.96. The largest absolute Gasteiger partial charge is 0.341 e. The first-order valence-electron chi connectivity index (χ1n) is 10.5. The second-order valence-electron chi connectivity index (χ2n) is 7.82. The van der Waals surface area contributed by atoms with Gasteiger partial charge in [0.15, 0.2) is 0 Å². The molecule has 160 valence electrons. The van der Waals surface area contributed by atoms with Gasteiger partial charge in [-0.25, -0.2) is 8.42 Å². The van der Waals surface area contributed by atoms with E-state index in [1.165, 1.54) is 10.4 Å². The van der Waals surface area contributed by atoms with Crippen molar-refractivity contribution in [3.8, 4) is 0 Å². The SMILES string of the molecule is Cc1ccc(S(=O)(=O)N2CCCC2)cc1C(=O)NC(c1ccccc1)c1ccccc1. The van der Waals surface area contributed by atoms with E-state index >= 15 is 0 Å². The van der Waals surface area contributed by atoms with Crippen LogP contribution < -0.4 is 5.32 Å². The number of amides is 1. The molecule has 1 amide bonds. The lowest BCUT2D eigenvalue weighted by Gasteiger charge is -2.21. The summed E-state index contributed by atoms with van der Waals surface area (Å²) < 4.78 is 27.5. The van der Waals surface area contributed by atoms with Crippen LogP contribution in [0.25, 0.3) is 0 Å². The lowest BCUT2D eigenvalue weighted by molar-refractivity contribution is 0.0942. The molecule has 0 saturated carbocycles. The van der Waals surface area contributed by atoms with E-state index in [9.17, 15) is 13.2 Å². The summed E-state index contributed by atoms with van der Waals surface area (Å²) in [5.41, 5.74) is 3.02. The Morgan fingerprint density at radius 2 is 1.42 bits per heavy atom. The highest BCUT2D eigenvalue weighted by atomic mass is 32.2. The molecule has 1 aliphatic rings. The Kier molecular flexibility index (Phi) is 6.20. The molecule has 5 nitrogen and oxygen atoms in total. The topological polar surface area (TPSA) is 66.5 Å². The van der Waals surface area contributed by atoms with Gasteiger partial charge in [0.25, 0.3) is 5.91 Å². The van der Waals surface area contributed by atoms with Gasteiger partial charge >= 0.3 is 0 Å². The summed E-state index contributed by atoms with van der Waals surface area (Å²) in [6, 6.07) is 24.0. The van der Waals surface area contributed by atoms with Crippen molar-refractivity contribution in [1.82, 2.24) is 9.62 Å². The fraction of sp³-hybridized carbons (Fsp3) is 0.240. The van der Waals surface area contributed by atoms with E-state index in [0.29, 0.717) is 18.7 Å². The van der Waals surface area contributed by atoms with Crippen LogP contribution >= 0.6 is 0 Å². The number of nitrogens with one attached hydrogen (secondary N) is 1. The van der Waals surface area contributed by atoms with Crippen LogP contribution in [0, 0.1) is 6.92 Å². The van der Waals surface area contributed by atoms with Gasteiger partial charge in [0, 0.05) is 18.7 Å². The van der Waals surface area contributed by atoms with Crippen molar-refractivity contribution in [2.75, 3.05) is 13.1 Å². The summed E-state index contributed by atoms with van der Waals surface area (Å²) in [6.45, 7) is 2.88. The van der Waals surface area contributed by atoms with Gasteiger partial charge in [0.1, 0.15) is 0 Å². The van der Waals surface area contributed by atoms with E-state index < -0.39 is 10.0 Å². The highest BCUT2D eigenvalue weighted by molar-refractivity contribution is 7.89. The highest BCUT2D eigenvalue weighted by Crippen LogP contribution is 2.25. The average Bonchev–Trinajstić information content (AvgIpc) is 3.35. The molecule has 1 N–H and O–H groups in total. The van der Waals surface area contributed by atoms with E-state index in [-0.39, 0.29) is 16.8 Å². The lowest BCUT2D eigenvalue weighted by Crippen LogP contribution is -2.31. The number of sulfonamides is 1. The molecule has 1 saturated heterocycles. The zero-order valence-electron chi connectivity index (χ0n) is 17.5. The predicted octanol–water partition coefficient (Wildman–Crippen LogP) is 4.30. The molecule has 1 fully saturated rings. The molecule has 0 spiro atoms. The van der Waals surface area contributed by atoms with Gasteiger partial charge in [-0.2, -0.15) is 4.31 Å². The maximum Gasteiger partial charge on any atom is 0.252 e. The maximum atomic E-state index is 13.3. The van der Waals surface area contributed by atoms with Crippen molar-refractivity contribution in [2.45, 2.75) is 30.7 Å². The lowest BCUT2D eigenvalue weighted by atomic mass is 9.98. The second-order valence-corrected chi connectivity index (χ2v) is 9.75. The molecule has 3 aromatic rings. The van der Waals surface area contributed by atoms with E-state index in [1.54, 1.807) is 12.1 Å². The van der Waals surface area contributed by atoms with Crippen molar-refractivity contribution in [2.24, 2.45) is 0 Å². The highest BCUT2D eigenvalue weighted by Gasteiger charge is 2.28. The monoisotopic (exact) mass is 434 g/mol. The minimum atomic E-state index is -3.59. The van der Waals surface area contributed by atoms with Crippen LogP contribution in [0.15, 0.2) is 83.8 Å². The van der Waals surface area contributed by atoms with Gasteiger partial charge in [-0.15, -0.1) is 0 Å². The van der Waals surface area contributed by atoms with Crippen molar-refractivity contribution >= 4 is 15.9 Å². The number of carbonyl (C=O) groups excluding carboxylic acids is 1. The predicted molar refractivity (Wildman–Crippen MR) is 121 cm³/mol. The Balaban J connectivity index is 1.67. The molecule has 3 aromatic carbocycles. The number of carbonyl (C=O) groups is 1. The fourth-order valence-electron chi connectivity index (χ4n) is 3.94. The number of hydrogen-bond acceptors (Lipinski definition) is 3. The van der Waals surface area contributed by atoms with Crippen LogP contribution in [0.1, 0.15) is 45.9 Å². The van der Waals surface area contributed by atoms with Crippen LogP contribution in [0.3, 0.4) is 0 Å². The van der Waals surface area contributed by atoms with Gasteiger partial charge in [0.2, 0.25) is 10.0 Å². The molecule has 1 heterocycles. The van der Waals surface area contributed by atoms with Gasteiger partial charge < -0.3 is 5.32 Å². The summed E-state index contributed by atoms with van der Waals surface area (Å²) in [7, 11) is -3.59. The van der Waals surface area contributed by atoms with Crippen LogP contribution in [0.5, 0.6) is 0 Å². The van der Waals surface area contributed by atoms with Gasteiger partial charge in [-0.3, -0.25) is 4.79 Å². The van der Waals surface area contributed by atoms with Gasteiger partial charge in [-0.1, -0.05) is 66.7 Å². The summed E-state index contributed by atoms with van der Waals surface area (Å²) >= 11 is 0. The van der Waals surface area contributed by atoms with Gasteiger partial charge in [0.05, 0.1) is 10.9 Å². The van der Waals surface area contributed by atoms with Crippen molar-refractivity contribution in [1.29, 1.82) is 0 Å². The van der Waals surface area contributed by atoms with Crippen molar-refractivity contribution in [3.05, 3.63) is 101 Å². The third-order valence-corrected chi connectivity index (χ3v) is 7.59. The number of hydrogen-bond donors (Lipinski definition) is 1. The molecule has 1 aliphatic heterocycles. The molecule has 4 rings (SSSR count). The summed E-state index contributed by atoms with van der Waals surface area (Å²) in [5, 5.41) is 3.11. The van der Waals surface area contributed by atoms with Crippen molar-refractivity contribution < 1.29 is 13.2 Å². The Morgan fingerprint density at radius 3 is 1.97 bits per heavy atom. The molecule has 6 heteroatoms. The first-order chi connectivity index (χ1) is 15.0. The first-order valence-corrected chi connectivity index (χ1v) is 11.9. The van der Waals surface area contributed by atoms with E-state index in [4.69, 9.17) is 0 Å². The van der Waals surface area contributed by atoms with E-state index in [0.717, 1.165) is 29.5 Å². The second kappa shape index (κ2) is 9.04. The normalized spacial score (nSPS) is 14.6. The minimum absolute atomic E-state index is 0.168. The molecule has 0 radical (unpaired) electrons. The number of aryl methyl sites for hydroxylation is 1. The summed E-state index contributed by atoms with van der Waals surface area (Å²) in [5.74, 6) is -0.298. The molecule has 0 aliphatic carbocycles. The Bertz CT molecular complexity index is 1120. The summed E-state index contributed by atoms with van der Waals surface area (Å²) in [4.78, 5) is 13.5. The molecule has 0 aromatic heterocycles. The van der Waals surface area contributed by atoms with Crippen molar-refractivity contribution in [3.63, 3.8) is 0 Å². The van der Waals surface area contributed by atoms with E-state index in [1.807, 2.05) is 67.6 Å². The standard InChI is InChI=1S/C25H26N2O3S/c1-19-14-15-22(31(29,30)27-16-8-9-17-27)18-23(19)25(28)26-24(20-10-4-2-5-11-20)21-12-6-3-7-13-21/h2-7,10-15,18,24H,8-9,16-17H2,1H3,(H,26,28). The molecule has 0 atom stereocenters. The average molecular weight is 435 g/mol. The molecule has 0 unspecified atom stereocenters. The zero-order chi connectivity index (χ0) is 21.8. The number of rotatable bonds is 6. The zero-order valence-corrected chi connectivity index (χ0v) is 18.3. The molecular weight excluding hydrogens is 408 g/mol.